The number of aromatic nitrogens is 2. The van der Waals surface area contributed by atoms with Gasteiger partial charge in [-0.3, -0.25) is 4.79 Å². The van der Waals surface area contributed by atoms with E-state index < -0.39 is 6.10 Å². The number of carbonyl (C=O) groups is 1. The first kappa shape index (κ1) is 15.4. The Balaban J connectivity index is 1.90. The Morgan fingerprint density at radius 2 is 2.13 bits per heavy atom. The fourth-order valence-electron chi connectivity index (χ4n) is 2.85. The third kappa shape index (κ3) is 3.17. The number of nitrogens with zero attached hydrogens (tertiary/aromatic N) is 3. The molecule has 0 radical (unpaired) electrons. The molecule has 1 unspecified atom stereocenters. The maximum atomic E-state index is 12.8. The van der Waals surface area contributed by atoms with E-state index in [1.54, 1.807) is 18.0 Å². The predicted octanol–water partition coefficient (Wildman–Crippen LogP) is 1.91. The average molecular weight is 312 g/mol. The van der Waals surface area contributed by atoms with Gasteiger partial charge in [-0.2, -0.15) is 0 Å². The number of benzene rings is 1. The van der Waals surface area contributed by atoms with E-state index in [2.05, 4.69) is 15.3 Å². The Kier molecular flexibility index (Phi) is 4.25. The number of amides is 1. The van der Waals surface area contributed by atoms with Crippen molar-refractivity contribution < 1.29 is 9.90 Å². The number of aliphatic hydroxyl groups is 1. The summed E-state index contributed by atoms with van der Waals surface area (Å²) in [5, 5.41) is 13.1. The topological polar surface area (TPSA) is 78.4 Å². The number of aliphatic hydroxyl groups excluding tert-OH is 1. The van der Waals surface area contributed by atoms with Crippen molar-refractivity contribution >= 4 is 11.9 Å². The summed E-state index contributed by atoms with van der Waals surface area (Å²) in [6.07, 6.45) is -0.0184. The molecule has 0 spiro atoms. The summed E-state index contributed by atoms with van der Waals surface area (Å²) in [6.45, 7) is 2.80. The summed E-state index contributed by atoms with van der Waals surface area (Å²) in [6, 6.07) is 9.40. The lowest BCUT2D eigenvalue weighted by Crippen LogP contribution is -2.31. The van der Waals surface area contributed by atoms with Gasteiger partial charge in [-0.05, 0) is 30.5 Å². The lowest BCUT2D eigenvalue weighted by atomic mass is 10.0. The molecule has 0 saturated carbocycles. The highest BCUT2D eigenvalue weighted by molar-refractivity contribution is 5.92. The van der Waals surface area contributed by atoms with Gasteiger partial charge in [-0.25, -0.2) is 9.97 Å². The molecule has 1 aliphatic heterocycles. The highest BCUT2D eigenvalue weighted by atomic mass is 16.3. The number of anilines is 1. The molecule has 0 bridgehead atoms. The fraction of sp³-hybridized carbons (Fsp3) is 0.353. The van der Waals surface area contributed by atoms with Crippen LogP contribution in [0.3, 0.4) is 0 Å². The summed E-state index contributed by atoms with van der Waals surface area (Å²) >= 11 is 0. The second-order valence-corrected chi connectivity index (χ2v) is 5.70. The van der Waals surface area contributed by atoms with E-state index >= 15 is 0 Å². The Hall–Kier alpha value is -2.47. The summed E-state index contributed by atoms with van der Waals surface area (Å²) < 4.78 is 0. The lowest BCUT2D eigenvalue weighted by molar-refractivity contribution is 0.0717. The van der Waals surface area contributed by atoms with Crippen LogP contribution in [-0.4, -0.2) is 39.5 Å². The molecule has 23 heavy (non-hydrogen) atoms. The minimum atomic E-state index is -0.538. The van der Waals surface area contributed by atoms with Crippen LogP contribution in [0.5, 0.6) is 0 Å². The molecule has 1 aromatic heterocycles. The standard InChI is InChI=1S/C17H20N4O2/c1-11-9-14(20-17(18-2)19-11)16(23)21-8-7-15(22)13-6-4-3-5-12(13)10-21/h3-6,9,15,22H,7-8,10H2,1-2H3,(H,18,19,20). The summed E-state index contributed by atoms with van der Waals surface area (Å²) in [4.78, 5) is 23.0. The molecular weight excluding hydrogens is 292 g/mol. The van der Waals surface area contributed by atoms with Gasteiger partial charge in [0.05, 0.1) is 6.10 Å². The van der Waals surface area contributed by atoms with Gasteiger partial charge in [0.2, 0.25) is 5.95 Å². The number of carbonyl (C=O) groups excluding carboxylic acids is 1. The van der Waals surface area contributed by atoms with Crippen molar-refractivity contribution in [3.63, 3.8) is 0 Å². The van der Waals surface area contributed by atoms with E-state index in [1.165, 1.54) is 0 Å². The molecule has 1 amide bonds. The van der Waals surface area contributed by atoms with Gasteiger partial charge in [0.15, 0.2) is 0 Å². The Labute approximate surface area is 135 Å². The molecule has 6 nitrogen and oxygen atoms in total. The first-order valence-electron chi connectivity index (χ1n) is 7.67. The number of nitrogens with one attached hydrogen (secondary N) is 1. The molecule has 0 aliphatic carbocycles. The van der Waals surface area contributed by atoms with Crippen LogP contribution < -0.4 is 5.32 Å². The van der Waals surface area contributed by atoms with E-state index in [-0.39, 0.29) is 5.91 Å². The second-order valence-electron chi connectivity index (χ2n) is 5.70. The van der Waals surface area contributed by atoms with E-state index in [0.717, 1.165) is 16.8 Å². The van der Waals surface area contributed by atoms with E-state index in [4.69, 9.17) is 0 Å². The van der Waals surface area contributed by atoms with Crippen LogP contribution in [-0.2, 0) is 6.54 Å². The van der Waals surface area contributed by atoms with Crippen LogP contribution in [0.25, 0.3) is 0 Å². The maximum absolute atomic E-state index is 12.8. The van der Waals surface area contributed by atoms with Crippen LogP contribution in [0.4, 0.5) is 5.95 Å². The summed E-state index contributed by atoms with van der Waals surface area (Å²) in [5.74, 6) is 0.291. The number of aryl methyl sites for hydroxylation is 1. The molecule has 0 saturated heterocycles. The van der Waals surface area contributed by atoms with E-state index in [1.807, 2.05) is 31.2 Å². The zero-order chi connectivity index (χ0) is 16.4. The van der Waals surface area contributed by atoms with Gasteiger partial charge in [0.1, 0.15) is 5.69 Å². The third-order valence-corrected chi connectivity index (χ3v) is 4.03. The smallest absolute Gasteiger partial charge is 0.272 e. The third-order valence-electron chi connectivity index (χ3n) is 4.03. The lowest BCUT2D eigenvalue weighted by Gasteiger charge is -2.20. The zero-order valence-electron chi connectivity index (χ0n) is 13.3. The molecule has 3 rings (SSSR count). The van der Waals surface area contributed by atoms with Crippen LogP contribution in [0.1, 0.15) is 39.8 Å². The highest BCUT2D eigenvalue weighted by Gasteiger charge is 2.25. The Morgan fingerprint density at radius 3 is 2.91 bits per heavy atom. The molecule has 120 valence electrons. The number of rotatable bonds is 2. The number of hydrogen-bond donors (Lipinski definition) is 2. The van der Waals surface area contributed by atoms with Crippen LogP contribution in [0, 0.1) is 6.92 Å². The van der Waals surface area contributed by atoms with Gasteiger partial charge in [0, 0.05) is 25.8 Å². The van der Waals surface area contributed by atoms with E-state index in [0.29, 0.717) is 31.2 Å². The van der Waals surface area contributed by atoms with Gasteiger partial charge >= 0.3 is 0 Å². The molecule has 1 aromatic carbocycles. The molecule has 2 heterocycles. The zero-order valence-corrected chi connectivity index (χ0v) is 13.3. The summed E-state index contributed by atoms with van der Waals surface area (Å²) in [7, 11) is 1.72. The molecule has 2 aromatic rings. The monoisotopic (exact) mass is 312 g/mol. The van der Waals surface area contributed by atoms with Crippen molar-refractivity contribution in [3.8, 4) is 0 Å². The predicted molar refractivity (Wildman–Crippen MR) is 87.1 cm³/mol. The SMILES string of the molecule is CNc1nc(C)cc(C(=O)N2CCC(O)c3ccccc3C2)n1. The first-order chi connectivity index (χ1) is 11.1. The van der Waals surface area contributed by atoms with Gasteiger partial charge in [-0.15, -0.1) is 0 Å². The van der Waals surface area contributed by atoms with Crippen molar-refractivity contribution in [1.82, 2.24) is 14.9 Å². The fourth-order valence-corrected chi connectivity index (χ4v) is 2.85. The van der Waals surface area contributed by atoms with Gasteiger partial charge in [0.25, 0.3) is 5.91 Å². The van der Waals surface area contributed by atoms with Crippen LogP contribution in [0.15, 0.2) is 30.3 Å². The molecule has 1 aliphatic rings. The Bertz CT molecular complexity index is 732. The quantitative estimate of drug-likeness (QED) is 0.885. The number of fused-ring (bicyclic) bond motifs is 1. The molecule has 2 N–H and O–H groups in total. The largest absolute Gasteiger partial charge is 0.388 e. The minimum absolute atomic E-state index is 0.143. The average Bonchev–Trinajstić information content (AvgIpc) is 2.73. The normalized spacial score (nSPS) is 17.3. The molecular formula is C17H20N4O2. The van der Waals surface area contributed by atoms with E-state index in [9.17, 15) is 9.90 Å². The molecule has 6 heteroatoms. The second kappa shape index (κ2) is 6.34. The van der Waals surface area contributed by atoms with Gasteiger partial charge < -0.3 is 15.3 Å². The van der Waals surface area contributed by atoms with Gasteiger partial charge in [-0.1, -0.05) is 24.3 Å². The van der Waals surface area contributed by atoms with Crippen molar-refractivity contribution in [3.05, 3.63) is 52.8 Å². The van der Waals surface area contributed by atoms with Crippen molar-refractivity contribution in [2.75, 3.05) is 18.9 Å². The first-order valence-corrected chi connectivity index (χ1v) is 7.67. The van der Waals surface area contributed by atoms with Crippen molar-refractivity contribution in [2.45, 2.75) is 26.0 Å². The minimum Gasteiger partial charge on any atom is -0.388 e. The molecule has 0 fully saturated rings. The molecule has 1 atom stereocenters. The Morgan fingerprint density at radius 1 is 1.35 bits per heavy atom. The van der Waals surface area contributed by atoms with Crippen molar-refractivity contribution in [2.24, 2.45) is 0 Å². The van der Waals surface area contributed by atoms with Crippen LogP contribution in [0.2, 0.25) is 0 Å². The van der Waals surface area contributed by atoms with Crippen LogP contribution >= 0.6 is 0 Å². The highest BCUT2D eigenvalue weighted by Crippen LogP contribution is 2.27. The maximum Gasteiger partial charge on any atom is 0.272 e. The van der Waals surface area contributed by atoms with Crippen molar-refractivity contribution in [1.29, 1.82) is 0 Å². The number of hydrogen-bond acceptors (Lipinski definition) is 5. The summed E-state index contributed by atoms with van der Waals surface area (Å²) in [5.41, 5.74) is 2.99.